The van der Waals surface area contributed by atoms with Crippen LogP contribution in [0.3, 0.4) is 0 Å². The molecule has 1 aromatic rings. The summed E-state index contributed by atoms with van der Waals surface area (Å²) in [5, 5.41) is 8.64. The number of nitrogens with zero attached hydrogens (tertiary/aromatic N) is 1. The summed E-state index contributed by atoms with van der Waals surface area (Å²) in [5.74, 6) is -0.0186. The molecule has 1 fully saturated rings. The Kier molecular flexibility index (Phi) is 3.46. The molecule has 0 bridgehead atoms. The summed E-state index contributed by atoms with van der Waals surface area (Å²) in [7, 11) is -3.25. The maximum Gasteiger partial charge on any atom is 0.216 e. The molecule has 0 radical (unpaired) electrons. The van der Waals surface area contributed by atoms with Crippen LogP contribution in [0.5, 0.6) is 0 Å². The highest BCUT2D eigenvalue weighted by Gasteiger charge is 2.23. The molecule has 0 amide bonds. The van der Waals surface area contributed by atoms with Gasteiger partial charge in [-0.25, -0.2) is 13.1 Å². The molecule has 0 unspecified atom stereocenters. The van der Waals surface area contributed by atoms with Crippen molar-refractivity contribution < 1.29 is 8.42 Å². The summed E-state index contributed by atoms with van der Waals surface area (Å²) in [6, 6.07) is 8.75. The van der Waals surface area contributed by atoms with Crippen LogP contribution in [-0.4, -0.2) is 14.5 Å². The molecular formula is C12H14N2O2S. The molecule has 1 aliphatic carbocycles. The standard InChI is InChI=1S/C12H14N2O2S/c13-8-10-4-6-11(7-5-10)9-17(15,16)14-12-2-1-3-12/h4-7,12,14H,1-3,9H2. The van der Waals surface area contributed by atoms with Crippen LogP contribution >= 0.6 is 0 Å². The van der Waals surface area contributed by atoms with E-state index in [1.54, 1.807) is 24.3 Å². The number of benzene rings is 1. The first-order valence-corrected chi connectivity index (χ1v) is 7.23. The van der Waals surface area contributed by atoms with Gasteiger partial charge in [-0.1, -0.05) is 18.6 Å². The molecule has 0 aliphatic heterocycles. The van der Waals surface area contributed by atoms with E-state index in [2.05, 4.69) is 4.72 Å². The summed E-state index contributed by atoms with van der Waals surface area (Å²) >= 11 is 0. The minimum atomic E-state index is -3.25. The van der Waals surface area contributed by atoms with Gasteiger partial charge in [0, 0.05) is 6.04 Å². The van der Waals surface area contributed by atoms with Crippen molar-refractivity contribution in [3.8, 4) is 6.07 Å². The summed E-state index contributed by atoms with van der Waals surface area (Å²) in [4.78, 5) is 0. The van der Waals surface area contributed by atoms with Gasteiger partial charge in [-0.05, 0) is 30.5 Å². The Morgan fingerprint density at radius 3 is 2.41 bits per heavy atom. The van der Waals surface area contributed by atoms with E-state index in [9.17, 15) is 8.42 Å². The lowest BCUT2D eigenvalue weighted by Crippen LogP contribution is -2.39. The first-order chi connectivity index (χ1) is 8.09. The largest absolute Gasteiger partial charge is 0.216 e. The number of sulfonamides is 1. The van der Waals surface area contributed by atoms with E-state index in [0.717, 1.165) is 19.3 Å². The van der Waals surface area contributed by atoms with Crippen LogP contribution in [0.25, 0.3) is 0 Å². The quantitative estimate of drug-likeness (QED) is 0.881. The maximum absolute atomic E-state index is 11.8. The molecule has 1 N–H and O–H groups in total. The van der Waals surface area contributed by atoms with E-state index in [-0.39, 0.29) is 11.8 Å². The molecule has 1 aliphatic rings. The minimum Gasteiger partial charge on any atom is -0.212 e. The number of nitrogens with one attached hydrogen (secondary N) is 1. The molecule has 0 aromatic heterocycles. The zero-order chi connectivity index (χ0) is 12.3. The third-order valence-electron chi connectivity index (χ3n) is 2.89. The molecule has 4 nitrogen and oxygen atoms in total. The Balaban J connectivity index is 2.01. The molecule has 90 valence electrons. The maximum atomic E-state index is 11.8. The van der Waals surface area contributed by atoms with E-state index < -0.39 is 10.0 Å². The van der Waals surface area contributed by atoms with Gasteiger partial charge in [-0.2, -0.15) is 5.26 Å². The fourth-order valence-electron chi connectivity index (χ4n) is 1.72. The van der Waals surface area contributed by atoms with Crippen molar-refractivity contribution in [2.24, 2.45) is 0 Å². The van der Waals surface area contributed by atoms with Crippen LogP contribution in [0.4, 0.5) is 0 Å². The molecule has 17 heavy (non-hydrogen) atoms. The fraction of sp³-hybridized carbons (Fsp3) is 0.417. The van der Waals surface area contributed by atoms with E-state index >= 15 is 0 Å². The highest BCUT2D eigenvalue weighted by atomic mass is 32.2. The van der Waals surface area contributed by atoms with Gasteiger partial charge < -0.3 is 0 Å². The highest BCUT2D eigenvalue weighted by Crippen LogP contribution is 2.19. The van der Waals surface area contributed by atoms with Crippen molar-refractivity contribution in [3.05, 3.63) is 35.4 Å². The Hall–Kier alpha value is -1.38. The van der Waals surface area contributed by atoms with Crippen molar-refractivity contribution in [1.29, 1.82) is 5.26 Å². The summed E-state index contributed by atoms with van der Waals surface area (Å²) in [5.41, 5.74) is 1.24. The van der Waals surface area contributed by atoms with Gasteiger partial charge in [0.1, 0.15) is 0 Å². The number of hydrogen-bond acceptors (Lipinski definition) is 3. The van der Waals surface area contributed by atoms with Crippen molar-refractivity contribution in [2.75, 3.05) is 0 Å². The van der Waals surface area contributed by atoms with Gasteiger partial charge in [0.25, 0.3) is 0 Å². The first kappa shape index (κ1) is 12.1. The zero-order valence-corrected chi connectivity index (χ0v) is 10.2. The van der Waals surface area contributed by atoms with Gasteiger partial charge in [-0.3, -0.25) is 0 Å². The Morgan fingerprint density at radius 1 is 1.29 bits per heavy atom. The zero-order valence-electron chi connectivity index (χ0n) is 9.39. The average molecular weight is 250 g/mol. The molecule has 1 aromatic carbocycles. The lowest BCUT2D eigenvalue weighted by Gasteiger charge is -2.26. The number of hydrogen-bond donors (Lipinski definition) is 1. The van der Waals surface area contributed by atoms with Gasteiger partial charge in [0.05, 0.1) is 17.4 Å². The van der Waals surface area contributed by atoms with E-state index in [4.69, 9.17) is 5.26 Å². The highest BCUT2D eigenvalue weighted by molar-refractivity contribution is 7.88. The molecule has 2 rings (SSSR count). The van der Waals surface area contributed by atoms with Crippen LogP contribution in [0.1, 0.15) is 30.4 Å². The van der Waals surface area contributed by atoms with Crippen LogP contribution in [0.15, 0.2) is 24.3 Å². The van der Waals surface area contributed by atoms with Gasteiger partial charge in [0.2, 0.25) is 10.0 Å². The first-order valence-electron chi connectivity index (χ1n) is 5.58. The van der Waals surface area contributed by atoms with Crippen LogP contribution < -0.4 is 4.72 Å². The average Bonchev–Trinajstić information content (AvgIpc) is 2.24. The minimum absolute atomic E-state index is 0.0186. The van der Waals surface area contributed by atoms with Crippen LogP contribution in [-0.2, 0) is 15.8 Å². The van der Waals surface area contributed by atoms with E-state index in [1.165, 1.54) is 0 Å². The molecule has 0 atom stereocenters. The van der Waals surface area contributed by atoms with Crippen molar-refractivity contribution in [3.63, 3.8) is 0 Å². The smallest absolute Gasteiger partial charge is 0.212 e. The van der Waals surface area contributed by atoms with Crippen LogP contribution in [0.2, 0.25) is 0 Å². The Morgan fingerprint density at radius 2 is 1.94 bits per heavy atom. The Bertz CT molecular complexity index is 525. The monoisotopic (exact) mass is 250 g/mol. The van der Waals surface area contributed by atoms with Gasteiger partial charge >= 0.3 is 0 Å². The molecule has 1 saturated carbocycles. The van der Waals surface area contributed by atoms with E-state index in [0.29, 0.717) is 11.1 Å². The predicted octanol–water partition coefficient (Wildman–Crippen LogP) is 1.53. The summed E-state index contributed by atoms with van der Waals surface area (Å²) in [6.07, 6.45) is 2.98. The summed E-state index contributed by atoms with van der Waals surface area (Å²) in [6.45, 7) is 0. The topological polar surface area (TPSA) is 70.0 Å². The SMILES string of the molecule is N#Cc1ccc(CS(=O)(=O)NC2CCC2)cc1. The van der Waals surface area contributed by atoms with Crippen molar-refractivity contribution in [2.45, 2.75) is 31.1 Å². The van der Waals surface area contributed by atoms with Crippen molar-refractivity contribution in [1.82, 2.24) is 4.72 Å². The predicted molar refractivity (Wildman–Crippen MR) is 64.6 cm³/mol. The second-order valence-corrected chi connectivity index (χ2v) is 6.07. The summed E-state index contributed by atoms with van der Waals surface area (Å²) < 4.78 is 26.2. The normalized spacial score (nSPS) is 16.2. The Labute approximate surface area is 101 Å². The number of rotatable bonds is 4. The lowest BCUT2D eigenvalue weighted by atomic mass is 9.94. The molecule has 0 spiro atoms. The fourth-order valence-corrected chi connectivity index (χ4v) is 3.17. The van der Waals surface area contributed by atoms with Crippen LogP contribution in [0, 0.1) is 11.3 Å². The number of nitriles is 1. The molecular weight excluding hydrogens is 236 g/mol. The van der Waals surface area contributed by atoms with Gasteiger partial charge in [0.15, 0.2) is 0 Å². The lowest BCUT2D eigenvalue weighted by molar-refractivity contribution is 0.383. The van der Waals surface area contributed by atoms with E-state index in [1.807, 2.05) is 6.07 Å². The van der Waals surface area contributed by atoms with Crippen molar-refractivity contribution >= 4 is 10.0 Å². The van der Waals surface area contributed by atoms with Gasteiger partial charge in [-0.15, -0.1) is 0 Å². The third kappa shape index (κ3) is 3.29. The molecule has 5 heteroatoms. The second-order valence-electron chi connectivity index (χ2n) is 4.31. The molecule has 0 saturated heterocycles. The third-order valence-corrected chi connectivity index (χ3v) is 4.30. The second kappa shape index (κ2) is 4.86. The molecule has 0 heterocycles.